The predicted octanol–water partition coefficient (Wildman–Crippen LogP) is 1.64. The minimum absolute atomic E-state index is 0.115. The lowest BCUT2D eigenvalue weighted by Crippen LogP contribution is -1.93. The van der Waals surface area contributed by atoms with Gasteiger partial charge in [0.2, 0.25) is 0 Å². The summed E-state index contributed by atoms with van der Waals surface area (Å²) >= 11 is 0. The smallest absolute Gasteiger partial charge is 0.188 e. The Kier molecular flexibility index (Phi) is 2.97. The molecular weight excluding hydrogens is 176 g/mol. The van der Waals surface area contributed by atoms with Gasteiger partial charge in [-0.2, -0.15) is 0 Å². The van der Waals surface area contributed by atoms with E-state index in [2.05, 4.69) is 0 Å². The van der Waals surface area contributed by atoms with Crippen molar-refractivity contribution in [2.45, 2.75) is 0 Å². The molecule has 0 spiro atoms. The zero-order valence-electron chi connectivity index (χ0n) is 6.80. The van der Waals surface area contributed by atoms with Gasteiger partial charge in [-0.15, -0.1) is 0 Å². The first-order chi connectivity index (χ1) is 6.16. The van der Waals surface area contributed by atoms with E-state index in [9.17, 15) is 8.78 Å². The van der Waals surface area contributed by atoms with Crippen molar-refractivity contribution in [3.63, 3.8) is 0 Å². The fraction of sp³-hybridized carbons (Fsp3) is 0.111. The molecule has 13 heavy (non-hydrogen) atoms. The maximum atomic E-state index is 13.0. The van der Waals surface area contributed by atoms with Crippen molar-refractivity contribution in [2.24, 2.45) is 5.73 Å². The molecule has 4 heteroatoms. The van der Waals surface area contributed by atoms with Crippen LogP contribution >= 0.6 is 0 Å². The summed E-state index contributed by atoms with van der Waals surface area (Å²) in [6.45, 7) is 0.261. The number of hydrogen-bond acceptors (Lipinski definition) is 2. The van der Waals surface area contributed by atoms with Crippen LogP contribution in [0.15, 0.2) is 18.2 Å². The van der Waals surface area contributed by atoms with Crippen molar-refractivity contribution in [3.8, 4) is 5.75 Å². The van der Waals surface area contributed by atoms with E-state index in [4.69, 9.17) is 10.8 Å². The first-order valence-corrected chi connectivity index (χ1v) is 3.70. The Hall–Kier alpha value is -1.42. The molecule has 0 aliphatic carbocycles. The zero-order chi connectivity index (χ0) is 9.84. The van der Waals surface area contributed by atoms with Gasteiger partial charge in [-0.3, -0.25) is 0 Å². The van der Waals surface area contributed by atoms with Crippen molar-refractivity contribution in [1.29, 1.82) is 0 Å². The van der Waals surface area contributed by atoms with Crippen LogP contribution in [-0.4, -0.2) is 11.7 Å². The van der Waals surface area contributed by atoms with Crippen LogP contribution in [0.5, 0.6) is 5.75 Å². The topological polar surface area (TPSA) is 46.2 Å². The largest absolute Gasteiger partial charge is 0.503 e. The van der Waals surface area contributed by atoms with E-state index < -0.39 is 17.4 Å². The average Bonchev–Trinajstić information content (AvgIpc) is 2.13. The molecule has 1 aromatic rings. The number of phenols is 1. The van der Waals surface area contributed by atoms with Gasteiger partial charge in [0, 0.05) is 12.1 Å². The van der Waals surface area contributed by atoms with E-state index in [1.165, 1.54) is 18.2 Å². The van der Waals surface area contributed by atoms with Crippen LogP contribution in [0.2, 0.25) is 0 Å². The van der Waals surface area contributed by atoms with Crippen molar-refractivity contribution in [2.75, 3.05) is 6.54 Å². The molecule has 0 heterocycles. The number of halogens is 2. The highest BCUT2D eigenvalue weighted by molar-refractivity contribution is 5.53. The van der Waals surface area contributed by atoms with Crippen LogP contribution < -0.4 is 5.73 Å². The highest BCUT2D eigenvalue weighted by Gasteiger charge is 2.09. The molecule has 70 valence electrons. The van der Waals surface area contributed by atoms with E-state index in [-0.39, 0.29) is 12.1 Å². The quantitative estimate of drug-likeness (QED) is 0.735. The molecule has 0 amide bonds. The van der Waals surface area contributed by atoms with Gasteiger partial charge in [-0.1, -0.05) is 12.2 Å². The molecule has 1 rings (SSSR count). The molecule has 2 nitrogen and oxygen atoms in total. The number of nitrogens with two attached hydrogens (primary N) is 1. The van der Waals surface area contributed by atoms with Gasteiger partial charge in [0.1, 0.15) is 0 Å². The van der Waals surface area contributed by atoms with Gasteiger partial charge in [-0.05, 0) is 12.1 Å². The SMILES string of the molecule is NC/C=C/c1ccc(F)c(O)c1F. The summed E-state index contributed by atoms with van der Waals surface area (Å²) in [7, 11) is 0. The third kappa shape index (κ3) is 2.03. The van der Waals surface area contributed by atoms with E-state index in [0.717, 1.165) is 6.07 Å². The number of aromatic hydroxyl groups is 1. The molecule has 0 radical (unpaired) electrons. The first-order valence-electron chi connectivity index (χ1n) is 3.70. The number of phenolic OH excluding ortho intramolecular Hbond substituents is 1. The van der Waals surface area contributed by atoms with Crippen LogP contribution in [0.25, 0.3) is 6.08 Å². The second-order valence-corrected chi connectivity index (χ2v) is 2.44. The molecule has 0 saturated heterocycles. The normalized spacial score (nSPS) is 11.0. The van der Waals surface area contributed by atoms with Crippen LogP contribution in [0.3, 0.4) is 0 Å². The number of hydrogen-bond donors (Lipinski definition) is 2. The standard InChI is InChI=1S/C9H9F2NO/c10-7-4-3-6(2-1-5-12)8(11)9(7)13/h1-4,13H,5,12H2/b2-1+. The molecule has 1 aromatic carbocycles. The first kappa shape index (κ1) is 9.67. The molecule has 0 aliphatic heterocycles. The Morgan fingerprint density at radius 3 is 2.69 bits per heavy atom. The number of benzene rings is 1. The van der Waals surface area contributed by atoms with Crippen molar-refractivity contribution < 1.29 is 13.9 Å². The van der Waals surface area contributed by atoms with Gasteiger partial charge in [0.25, 0.3) is 0 Å². The maximum Gasteiger partial charge on any atom is 0.188 e. The molecule has 0 atom stereocenters. The minimum Gasteiger partial charge on any atom is -0.503 e. The number of rotatable bonds is 2. The molecule has 0 unspecified atom stereocenters. The molecule has 0 saturated carbocycles. The Morgan fingerprint density at radius 2 is 2.08 bits per heavy atom. The van der Waals surface area contributed by atoms with Crippen molar-refractivity contribution in [3.05, 3.63) is 35.4 Å². The molecule has 0 fully saturated rings. The second kappa shape index (κ2) is 4.00. The molecule has 0 aromatic heterocycles. The third-order valence-corrected chi connectivity index (χ3v) is 1.53. The summed E-state index contributed by atoms with van der Waals surface area (Å²) in [4.78, 5) is 0. The monoisotopic (exact) mass is 185 g/mol. The van der Waals surface area contributed by atoms with E-state index in [0.29, 0.717) is 0 Å². The van der Waals surface area contributed by atoms with Crippen LogP contribution in [0, 0.1) is 11.6 Å². The van der Waals surface area contributed by atoms with Crippen LogP contribution in [-0.2, 0) is 0 Å². The van der Waals surface area contributed by atoms with Crippen molar-refractivity contribution in [1.82, 2.24) is 0 Å². The molecule has 0 aliphatic rings. The minimum atomic E-state index is -0.970. The summed E-state index contributed by atoms with van der Waals surface area (Å²) in [6.07, 6.45) is 2.89. The predicted molar refractivity (Wildman–Crippen MR) is 46.1 cm³/mol. The lowest BCUT2D eigenvalue weighted by atomic mass is 10.2. The summed E-state index contributed by atoms with van der Waals surface area (Å²) < 4.78 is 25.5. The van der Waals surface area contributed by atoms with Gasteiger partial charge in [0.15, 0.2) is 17.4 Å². The average molecular weight is 185 g/mol. The van der Waals surface area contributed by atoms with Crippen molar-refractivity contribution >= 4 is 6.08 Å². The summed E-state index contributed by atoms with van der Waals surface area (Å²) in [5, 5.41) is 8.87. The highest BCUT2D eigenvalue weighted by Crippen LogP contribution is 2.23. The maximum absolute atomic E-state index is 13.0. The summed E-state index contributed by atoms with van der Waals surface area (Å²) in [5.41, 5.74) is 5.26. The van der Waals surface area contributed by atoms with Gasteiger partial charge in [0.05, 0.1) is 0 Å². The van der Waals surface area contributed by atoms with Crippen LogP contribution in [0.4, 0.5) is 8.78 Å². The lowest BCUT2D eigenvalue weighted by Gasteiger charge is -2.00. The van der Waals surface area contributed by atoms with Gasteiger partial charge in [-0.25, -0.2) is 8.78 Å². The van der Waals surface area contributed by atoms with Crippen LogP contribution in [0.1, 0.15) is 5.56 Å². The molecule has 3 N–H and O–H groups in total. The molecular formula is C9H9F2NO. The van der Waals surface area contributed by atoms with E-state index >= 15 is 0 Å². The Bertz CT molecular complexity index is 337. The summed E-state index contributed by atoms with van der Waals surface area (Å²) in [6, 6.07) is 2.23. The Labute approximate surface area is 74.3 Å². The summed E-state index contributed by atoms with van der Waals surface area (Å²) in [5.74, 6) is -2.90. The lowest BCUT2D eigenvalue weighted by molar-refractivity contribution is 0.395. The van der Waals surface area contributed by atoms with Gasteiger partial charge >= 0.3 is 0 Å². The van der Waals surface area contributed by atoms with E-state index in [1.807, 2.05) is 0 Å². The Balaban J connectivity index is 3.11. The molecule has 0 bridgehead atoms. The third-order valence-electron chi connectivity index (χ3n) is 1.53. The highest BCUT2D eigenvalue weighted by atomic mass is 19.1. The fourth-order valence-electron chi connectivity index (χ4n) is 0.880. The Morgan fingerprint density at radius 1 is 1.38 bits per heavy atom. The van der Waals surface area contributed by atoms with Gasteiger partial charge < -0.3 is 10.8 Å². The zero-order valence-corrected chi connectivity index (χ0v) is 6.80. The fourth-order valence-corrected chi connectivity index (χ4v) is 0.880. The second-order valence-electron chi connectivity index (χ2n) is 2.44. The van der Waals surface area contributed by atoms with E-state index in [1.54, 1.807) is 0 Å².